The molecule has 168 valence electrons. The summed E-state index contributed by atoms with van der Waals surface area (Å²) in [7, 11) is -3.43. The van der Waals surface area contributed by atoms with Gasteiger partial charge in [0, 0.05) is 0 Å². The third-order valence-electron chi connectivity index (χ3n) is 5.99. The zero-order chi connectivity index (χ0) is 23.1. The van der Waals surface area contributed by atoms with Crippen LogP contribution >= 0.6 is 0 Å². The fraction of sp³-hybridized carbons (Fsp3) is 0.192. The Bertz CT molecular complexity index is 1290. The van der Waals surface area contributed by atoms with Gasteiger partial charge in [-0.15, -0.1) is 0 Å². The molecule has 2 N–H and O–H groups in total. The number of ether oxygens (including phenoxy) is 1. The SMILES string of the molecule is CC1(C)COc2c(S(N)(=O)=NC(c3ccccc3)(c3ccccc3)c3ccccc3)cnn21. The molecule has 0 fully saturated rings. The van der Waals surface area contributed by atoms with E-state index in [1.54, 1.807) is 4.68 Å². The van der Waals surface area contributed by atoms with Gasteiger partial charge in [0.2, 0.25) is 5.88 Å². The number of nitrogens with two attached hydrogens (primary N) is 1. The minimum atomic E-state index is -3.43. The van der Waals surface area contributed by atoms with Crippen molar-refractivity contribution in [3.8, 4) is 5.88 Å². The average Bonchev–Trinajstić information content (AvgIpc) is 3.41. The van der Waals surface area contributed by atoms with Gasteiger partial charge < -0.3 is 4.74 Å². The number of rotatable bonds is 5. The first-order valence-corrected chi connectivity index (χ1v) is 12.4. The van der Waals surface area contributed by atoms with Crippen LogP contribution in [0.15, 0.2) is 106 Å². The summed E-state index contributed by atoms with van der Waals surface area (Å²) in [4.78, 5) is 0.306. The second kappa shape index (κ2) is 7.86. The van der Waals surface area contributed by atoms with Crippen molar-refractivity contribution in [2.45, 2.75) is 29.8 Å². The molecule has 1 aliphatic rings. The molecule has 1 atom stereocenters. The fourth-order valence-corrected chi connectivity index (χ4v) is 5.76. The summed E-state index contributed by atoms with van der Waals surface area (Å²) in [5, 5.41) is 11.0. The maximum atomic E-state index is 14.2. The lowest BCUT2D eigenvalue weighted by molar-refractivity contribution is 0.259. The minimum Gasteiger partial charge on any atom is -0.474 e. The predicted molar refractivity (Wildman–Crippen MR) is 129 cm³/mol. The molecule has 7 heteroatoms. The van der Waals surface area contributed by atoms with Crippen molar-refractivity contribution in [3.05, 3.63) is 114 Å². The Balaban J connectivity index is 1.84. The first-order valence-electron chi connectivity index (χ1n) is 10.8. The highest BCUT2D eigenvalue weighted by molar-refractivity contribution is 7.91. The molecule has 3 aromatic carbocycles. The molecule has 1 unspecified atom stereocenters. The summed E-state index contributed by atoms with van der Waals surface area (Å²) in [6.07, 6.45) is 1.52. The fourth-order valence-electron chi connectivity index (χ4n) is 4.34. The third-order valence-corrected chi connectivity index (χ3v) is 7.45. The molecule has 0 radical (unpaired) electrons. The first kappa shape index (κ1) is 21.4. The van der Waals surface area contributed by atoms with Gasteiger partial charge >= 0.3 is 0 Å². The molecule has 1 aromatic heterocycles. The standard InChI is InChI=1S/C26H26N4O2S/c1-25(2)19-32-24-23(18-28-30(24)25)33(27,31)29-26(20-12-6-3-7-13-20,21-14-8-4-9-15-21)22-16-10-5-11-17-22/h3-18H,19H2,1-2H3,(H2,27,29,31). The van der Waals surface area contributed by atoms with E-state index in [1.807, 2.05) is 105 Å². The van der Waals surface area contributed by atoms with Gasteiger partial charge in [0.25, 0.3) is 0 Å². The lowest BCUT2D eigenvalue weighted by atomic mass is 9.78. The number of fused-ring (bicyclic) bond motifs is 1. The molecule has 1 aliphatic heterocycles. The summed E-state index contributed by atoms with van der Waals surface area (Å²) in [5.41, 5.74) is 1.15. The van der Waals surface area contributed by atoms with Crippen molar-refractivity contribution in [2.75, 3.05) is 6.61 Å². The molecule has 0 saturated carbocycles. The van der Waals surface area contributed by atoms with E-state index in [2.05, 4.69) is 5.10 Å². The Labute approximate surface area is 194 Å². The number of benzene rings is 3. The quantitative estimate of drug-likeness (QED) is 0.440. The van der Waals surface area contributed by atoms with Gasteiger partial charge in [-0.1, -0.05) is 91.0 Å². The highest BCUT2D eigenvalue weighted by Gasteiger charge is 2.41. The van der Waals surface area contributed by atoms with E-state index >= 15 is 0 Å². The van der Waals surface area contributed by atoms with Gasteiger partial charge in [0.15, 0.2) is 0 Å². The second-order valence-corrected chi connectivity index (χ2v) is 10.6. The van der Waals surface area contributed by atoms with Crippen molar-refractivity contribution in [1.82, 2.24) is 9.78 Å². The van der Waals surface area contributed by atoms with E-state index in [0.29, 0.717) is 17.4 Å². The van der Waals surface area contributed by atoms with Crippen LogP contribution in [0, 0.1) is 0 Å². The highest BCUT2D eigenvalue weighted by atomic mass is 32.2. The van der Waals surface area contributed by atoms with Gasteiger partial charge in [-0.25, -0.2) is 14.0 Å². The van der Waals surface area contributed by atoms with Crippen molar-refractivity contribution in [3.63, 3.8) is 0 Å². The van der Waals surface area contributed by atoms with Crippen molar-refractivity contribution in [2.24, 2.45) is 9.50 Å². The van der Waals surface area contributed by atoms with Gasteiger partial charge in [0.1, 0.15) is 27.0 Å². The molecule has 0 spiro atoms. The molecule has 2 heterocycles. The summed E-state index contributed by atoms with van der Waals surface area (Å²) in [6, 6.07) is 29.5. The third kappa shape index (κ3) is 3.53. The normalized spacial score (nSPS) is 16.5. The van der Waals surface area contributed by atoms with Crippen LogP contribution in [0.4, 0.5) is 0 Å². The summed E-state index contributed by atoms with van der Waals surface area (Å²) >= 11 is 0. The van der Waals surface area contributed by atoms with Crippen molar-refractivity contribution < 1.29 is 8.95 Å². The van der Waals surface area contributed by atoms with E-state index in [-0.39, 0.29) is 5.54 Å². The Morgan fingerprint density at radius 2 is 1.36 bits per heavy atom. The average molecular weight is 459 g/mol. The highest BCUT2D eigenvalue weighted by Crippen LogP contribution is 2.43. The first-order chi connectivity index (χ1) is 15.8. The van der Waals surface area contributed by atoms with E-state index < -0.39 is 15.5 Å². The van der Waals surface area contributed by atoms with Crippen LogP contribution in [-0.2, 0) is 21.0 Å². The topological polar surface area (TPSA) is 82.5 Å². The maximum absolute atomic E-state index is 14.2. The molecule has 5 rings (SSSR count). The Hall–Kier alpha value is -3.42. The Morgan fingerprint density at radius 3 is 1.82 bits per heavy atom. The van der Waals surface area contributed by atoms with Crippen LogP contribution < -0.4 is 9.88 Å². The van der Waals surface area contributed by atoms with Crippen LogP contribution in [0.2, 0.25) is 0 Å². The molecule has 4 aromatic rings. The second-order valence-electron chi connectivity index (χ2n) is 8.80. The Kier molecular flexibility index (Phi) is 5.11. The molecule has 6 nitrogen and oxygen atoms in total. The molecular weight excluding hydrogens is 432 g/mol. The predicted octanol–water partition coefficient (Wildman–Crippen LogP) is 4.70. The van der Waals surface area contributed by atoms with E-state index in [1.165, 1.54) is 6.20 Å². The molecule has 0 aliphatic carbocycles. The lowest BCUT2D eigenvalue weighted by Gasteiger charge is -2.32. The molecule has 0 bridgehead atoms. The van der Waals surface area contributed by atoms with Crippen molar-refractivity contribution in [1.29, 1.82) is 0 Å². The van der Waals surface area contributed by atoms with Gasteiger partial charge in [-0.3, -0.25) is 0 Å². The molecule has 0 saturated heterocycles. The molecule has 33 heavy (non-hydrogen) atoms. The largest absolute Gasteiger partial charge is 0.474 e. The van der Waals surface area contributed by atoms with E-state index in [4.69, 9.17) is 14.2 Å². The zero-order valence-corrected chi connectivity index (χ0v) is 19.4. The van der Waals surface area contributed by atoms with Gasteiger partial charge in [0.05, 0.1) is 11.7 Å². The van der Waals surface area contributed by atoms with Crippen LogP contribution in [0.1, 0.15) is 30.5 Å². The van der Waals surface area contributed by atoms with Gasteiger partial charge in [-0.05, 0) is 30.5 Å². The summed E-state index contributed by atoms with van der Waals surface area (Å²) in [5.74, 6) is 0.416. The molecular formula is C26H26N4O2S. The maximum Gasteiger partial charge on any atom is 0.231 e. The van der Waals surface area contributed by atoms with E-state index in [9.17, 15) is 4.21 Å². The monoisotopic (exact) mass is 458 g/mol. The number of aromatic nitrogens is 2. The summed E-state index contributed by atoms with van der Waals surface area (Å²) < 4.78 is 26.8. The molecule has 0 amide bonds. The van der Waals surface area contributed by atoms with Crippen LogP contribution in [0.3, 0.4) is 0 Å². The number of hydrogen-bond acceptors (Lipinski definition) is 4. The minimum absolute atomic E-state index is 0.306. The number of hydrogen-bond donors (Lipinski definition) is 1. The smallest absolute Gasteiger partial charge is 0.231 e. The van der Waals surface area contributed by atoms with Crippen LogP contribution in [0.5, 0.6) is 5.88 Å². The van der Waals surface area contributed by atoms with Crippen LogP contribution in [0.25, 0.3) is 0 Å². The van der Waals surface area contributed by atoms with Gasteiger partial charge in [-0.2, -0.15) is 9.46 Å². The Morgan fingerprint density at radius 1 is 0.909 bits per heavy atom. The van der Waals surface area contributed by atoms with Crippen LogP contribution in [-0.4, -0.2) is 20.6 Å². The van der Waals surface area contributed by atoms with E-state index in [0.717, 1.165) is 16.7 Å². The summed E-state index contributed by atoms with van der Waals surface area (Å²) in [6.45, 7) is 4.45. The number of nitrogens with zero attached hydrogens (tertiary/aromatic N) is 3. The lowest BCUT2D eigenvalue weighted by Crippen LogP contribution is -2.30. The van der Waals surface area contributed by atoms with Crippen molar-refractivity contribution >= 4 is 9.92 Å². The zero-order valence-electron chi connectivity index (χ0n) is 18.6.